The molecule has 148 valence electrons. The highest BCUT2D eigenvalue weighted by Gasteiger charge is 2.18. The molecule has 5 rings (SSSR count). The molecule has 0 bridgehead atoms. The van der Waals surface area contributed by atoms with E-state index in [9.17, 15) is 9.18 Å². The third kappa shape index (κ3) is 3.23. The Morgan fingerprint density at radius 3 is 2.53 bits per heavy atom. The molecule has 3 aromatic carbocycles. The Bertz CT molecular complexity index is 1530. The Morgan fingerprint density at radius 1 is 1.00 bits per heavy atom. The summed E-state index contributed by atoms with van der Waals surface area (Å²) in [7, 11) is 0. The van der Waals surface area contributed by atoms with Crippen LogP contribution in [0.2, 0.25) is 0 Å². The van der Waals surface area contributed by atoms with E-state index in [0.29, 0.717) is 15.9 Å². The molecule has 0 radical (unpaired) electrons. The van der Waals surface area contributed by atoms with Gasteiger partial charge in [-0.05, 0) is 59.7 Å². The molecular weight excluding hydrogens is 483 g/mol. The van der Waals surface area contributed by atoms with Gasteiger partial charge < -0.3 is 0 Å². The van der Waals surface area contributed by atoms with Crippen molar-refractivity contribution in [3.63, 3.8) is 0 Å². The summed E-state index contributed by atoms with van der Waals surface area (Å²) < 4.78 is 18.8. The average molecular weight is 497 g/mol. The van der Waals surface area contributed by atoms with Gasteiger partial charge in [0.1, 0.15) is 11.5 Å². The molecule has 0 N–H and O–H groups in total. The molecule has 0 aliphatic carbocycles. The molecule has 5 aromatic rings. The van der Waals surface area contributed by atoms with Gasteiger partial charge in [0.05, 0.1) is 22.3 Å². The van der Waals surface area contributed by atoms with Gasteiger partial charge in [0.2, 0.25) is 0 Å². The van der Waals surface area contributed by atoms with Gasteiger partial charge >= 0.3 is 0 Å². The summed E-state index contributed by atoms with van der Waals surface area (Å²) >= 11 is 10.6. The maximum absolute atomic E-state index is 13.5. The SMILES string of the molecule is O=c1c2ccccc2n2c(=S)sc(-c3ccc(F)cc3)c2n1Cc1cccc(Br)c1. The third-order valence-electron chi connectivity index (χ3n) is 5.00. The summed E-state index contributed by atoms with van der Waals surface area (Å²) in [5, 5.41) is 0.611. The Balaban J connectivity index is 1.90. The van der Waals surface area contributed by atoms with Crippen LogP contribution in [-0.2, 0) is 6.54 Å². The van der Waals surface area contributed by atoms with Crippen LogP contribution in [-0.4, -0.2) is 8.97 Å². The van der Waals surface area contributed by atoms with Crippen LogP contribution in [0, 0.1) is 9.77 Å². The largest absolute Gasteiger partial charge is 0.288 e. The molecular formula is C23H14BrFN2OS2. The predicted molar refractivity (Wildman–Crippen MR) is 127 cm³/mol. The second-order valence-electron chi connectivity index (χ2n) is 6.90. The van der Waals surface area contributed by atoms with E-state index < -0.39 is 0 Å². The fraction of sp³-hybridized carbons (Fsp3) is 0.0435. The molecule has 0 saturated heterocycles. The quantitative estimate of drug-likeness (QED) is 0.261. The minimum Gasteiger partial charge on any atom is -0.288 e. The molecule has 3 nitrogen and oxygen atoms in total. The second-order valence-corrected chi connectivity index (χ2v) is 9.46. The van der Waals surface area contributed by atoms with Crippen LogP contribution < -0.4 is 5.56 Å². The maximum atomic E-state index is 13.5. The van der Waals surface area contributed by atoms with Crippen molar-refractivity contribution in [1.29, 1.82) is 0 Å². The lowest BCUT2D eigenvalue weighted by molar-refractivity contribution is 0.628. The lowest BCUT2D eigenvalue weighted by Crippen LogP contribution is -2.23. The minimum atomic E-state index is -0.303. The lowest BCUT2D eigenvalue weighted by Gasteiger charge is -2.14. The van der Waals surface area contributed by atoms with Gasteiger partial charge in [-0.3, -0.25) is 13.8 Å². The number of thiazole rings is 1. The molecule has 0 unspecified atom stereocenters. The highest BCUT2D eigenvalue weighted by Crippen LogP contribution is 2.33. The number of hydrogen-bond acceptors (Lipinski definition) is 3. The smallest absolute Gasteiger partial charge is 0.261 e. The van der Waals surface area contributed by atoms with E-state index in [0.717, 1.165) is 31.6 Å². The Kier molecular flexibility index (Phi) is 4.89. The first-order chi connectivity index (χ1) is 14.5. The van der Waals surface area contributed by atoms with E-state index in [1.165, 1.54) is 23.5 Å². The topological polar surface area (TPSA) is 26.4 Å². The zero-order chi connectivity index (χ0) is 20.8. The number of hydrogen-bond donors (Lipinski definition) is 0. The molecule has 0 aliphatic rings. The van der Waals surface area contributed by atoms with Gasteiger partial charge in [-0.2, -0.15) is 0 Å². The molecule has 0 saturated carbocycles. The van der Waals surface area contributed by atoms with Crippen LogP contribution in [0.1, 0.15) is 5.56 Å². The van der Waals surface area contributed by atoms with Gasteiger partial charge in [-0.1, -0.05) is 52.3 Å². The van der Waals surface area contributed by atoms with Gasteiger partial charge in [0, 0.05) is 4.47 Å². The van der Waals surface area contributed by atoms with Crippen molar-refractivity contribution in [2.24, 2.45) is 0 Å². The molecule has 0 atom stereocenters. The van der Waals surface area contributed by atoms with E-state index in [-0.39, 0.29) is 11.4 Å². The second kappa shape index (κ2) is 7.58. The van der Waals surface area contributed by atoms with Gasteiger partial charge in [-0.15, -0.1) is 11.3 Å². The Labute approximate surface area is 188 Å². The lowest BCUT2D eigenvalue weighted by atomic mass is 10.1. The zero-order valence-corrected chi connectivity index (χ0v) is 18.7. The number of halogens is 2. The first-order valence-corrected chi connectivity index (χ1v) is 11.2. The highest BCUT2D eigenvalue weighted by molar-refractivity contribution is 9.10. The number of rotatable bonds is 3. The molecule has 30 heavy (non-hydrogen) atoms. The summed E-state index contributed by atoms with van der Waals surface area (Å²) in [5.74, 6) is -0.303. The predicted octanol–water partition coefficient (Wildman–Crippen LogP) is 6.66. The molecule has 2 heterocycles. The molecule has 0 amide bonds. The van der Waals surface area contributed by atoms with Crippen molar-refractivity contribution in [3.05, 3.63) is 103 Å². The van der Waals surface area contributed by atoms with Crippen molar-refractivity contribution < 1.29 is 4.39 Å². The van der Waals surface area contributed by atoms with E-state index in [4.69, 9.17) is 12.2 Å². The van der Waals surface area contributed by atoms with E-state index in [1.54, 1.807) is 16.7 Å². The average Bonchev–Trinajstić information content (AvgIpc) is 3.09. The number of benzene rings is 3. The highest BCUT2D eigenvalue weighted by atomic mass is 79.9. The number of aromatic nitrogens is 2. The number of fused-ring (bicyclic) bond motifs is 3. The first-order valence-electron chi connectivity index (χ1n) is 9.20. The van der Waals surface area contributed by atoms with Crippen LogP contribution in [0.5, 0.6) is 0 Å². The molecule has 0 fully saturated rings. The monoisotopic (exact) mass is 496 g/mol. The van der Waals surface area contributed by atoms with E-state index >= 15 is 0 Å². The Hall–Kier alpha value is -2.61. The van der Waals surface area contributed by atoms with Crippen LogP contribution >= 0.6 is 39.5 Å². The van der Waals surface area contributed by atoms with Crippen LogP contribution in [0.4, 0.5) is 4.39 Å². The van der Waals surface area contributed by atoms with Gasteiger partial charge in [0.25, 0.3) is 5.56 Å². The number of nitrogens with zero attached hydrogens (tertiary/aromatic N) is 2. The standard InChI is InChI=1S/C23H14BrFN2OS2/c24-16-5-3-4-14(12-16)13-26-21-20(15-8-10-17(25)11-9-15)30-23(29)27(21)19-7-2-1-6-18(19)22(26)28/h1-12H,13H2. The summed E-state index contributed by atoms with van der Waals surface area (Å²) in [6, 6.07) is 21.7. The molecule has 2 aromatic heterocycles. The molecule has 7 heteroatoms. The van der Waals surface area contributed by atoms with Crippen molar-refractivity contribution in [2.45, 2.75) is 6.54 Å². The van der Waals surface area contributed by atoms with Crippen LogP contribution in [0.25, 0.3) is 27.0 Å². The van der Waals surface area contributed by atoms with Crippen LogP contribution in [0.15, 0.2) is 82.1 Å². The summed E-state index contributed by atoms with van der Waals surface area (Å²) in [6.45, 7) is 0.395. The van der Waals surface area contributed by atoms with Gasteiger partial charge in [0.15, 0.2) is 3.95 Å². The van der Waals surface area contributed by atoms with Crippen molar-refractivity contribution in [1.82, 2.24) is 8.97 Å². The normalized spacial score (nSPS) is 11.4. The van der Waals surface area contributed by atoms with Crippen molar-refractivity contribution in [2.75, 3.05) is 0 Å². The Morgan fingerprint density at radius 2 is 1.77 bits per heavy atom. The fourth-order valence-corrected chi connectivity index (χ4v) is 5.55. The minimum absolute atomic E-state index is 0.0817. The van der Waals surface area contributed by atoms with Gasteiger partial charge in [-0.25, -0.2) is 4.39 Å². The van der Waals surface area contributed by atoms with Crippen LogP contribution in [0.3, 0.4) is 0 Å². The fourth-order valence-electron chi connectivity index (χ4n) is 3.67. The number of para-hydroxylation sites is 1. The van der Waals surface area contributed by atoms with Crippen molar-refractivity contribution in [3.8, 4) is 10.4 Å². The summed E-state index contributed by atoms with van der Waals surface area (Å²) in [4.78, 5) is 14.4. The first kappa shape index (κ1) is 19.4. The summed E-state index contributed by atoms with van der Waals surface area (Å²) in [6.07, 6.45) is 0. The summed E-state index contributed by atoms with van der Waals surface area (Å²) in [5.41, 5.74) is 3.23. The molecule has 0 aliphatic heterocycles. The zero-order valence-electron chi connectivity index (χ0n) is 15.5. The van der Waals surface area contributed by atoms with Crippen molar-refractivity contribution >= 4 is 56.0 Å². The third-order valence-corrected chi connectivity index (χ3v) is 6.90. The molecule has 0 spiro atoms. The van der Waals surface area contributed by atoms with E-state index in [1.807, 2.05) is 52.9 Å². The van der Waals surface area contributed by atoms with E-state index in [2.05, 4.69) is 15.9 Å². The maximum Gasteiger partial charge on any atom is 0.261 e.